The van der Waals surface area contributed by atoms with Gasteiger partial charge in [-0.25, -0.2) is 9.78 Å². The van der Waals surface area contributed by atoms with Crippen molar-refractivity contribution in [1.29, 1.82) is 0 Å². The minimum absolute atomic E-state index is 0.0469. The third-order valence-electron chi connectivity index (χ3n) is 5.02. The monoisotopic (exact) mass is 395 g/mol. The van der Waals surface area contributed by atoms with Crippen molar-refractivity contribution >= 4 is 28.2 Å². The van der Waals surface area contributed by atoms with Crippen molar-refractivity contribution in [2.45, 2.75) is 6.92 Å². The van der Waals surface area contributed by atoms with E-state index >= 15 is 0 Å². The molecule has 0 bridgehead atoms. The summed E-state index contributed by atoms with van der Waals surface area (Å²) in [6.07, 6.45) is 3.85. The number of fused-ring (bicyclic) bond motifs is 2. The molecule has 0 unspecified atom stereocenters. The first kappa shape index (κ1) is 17.9. The number of aromatic nitrogens is 2. The summed E-state index contributed by atoms with van der Waals surface area (Å²) in [5, 5.41) is 3.53. The van der Waals surface area contributed by atoms with E-state index in [4.69, 9.17) is 9.40 Å². The van der Waals surface area contributed by atoms with E-state index in [2.05, 4.69) is 5.32 Å². The molecule has 0 radical (unpaired) electrons. The Labute approximate surface area is 171 Å². The zero-order valence-corrected chi connectivity index (χ0v) is 16.1. The normalized spacial score (nSPS) is 11.1. The summed E-state index contributed by atoms with van der Waals surface area (Å²) in [6, 6.07) is 20.0. The molecular formula is C24H17N3O3. The fourth-order valence-electron chi connectivity index (χ4n) is 3.51. The van der Waals surface area contributed by atoms with Gasteiger partial charge in [-0.1, -0.05) is 42.5 Å². The molecule has 0 fully saturated rings. The molecule has 0 spiro atoms. The molecule has 2 aromatic carbocycles. The second-order valence-corrected chi connectivity index (χ2v) is 7.03. The van der Waals surface area contributed by atoms with Gasteiger partial charge in [-0.2, -0.15) is 0 Å². The average Bonchev–Trinajstić information content (AvgIpc) is 3.19. The molecule has 0 saturated carbocycles. The molecule has 30 heavy (non-hydrogen) atoms. The molecule has 5 aromatic rings. The van der Waals surface area contributed by atoms with Crippen molar-refractivity contribution in [3.8, 4) is 11.3 Å². The highest BCUT2D eigenvalue weighted by atomic mass is 16.4. The first-order valence-electron chi connectivity index (χ1n) is 9.48. The summed E-state index contributed by atoms with van der Waals surface area (Å²) in [4.78, 5) is 29.9. The zero-order chi connectivity index (χ0) is 20.7. The Bertz CT molecular complexity index is 1480. The Morgan fingerprint density at radius 1 is 1.03 bits per heavy atom. The van der Waals surface area contributed by atoms with E-state index < -0.39 is 11.5 Å². The predicted octanol–water partition coefficient (Wildman–Crippen LogP) is 4.67. The van der Waals surface area contributed by atoms with Crippen LogP contribution in [-0.2, 0) is 0 Å². The second-order valence-electron chi connectivity index (χ2n) is 7.03. The number of rotatable bonds is 3. The highest BCUT2D eigenvalue weighted by Gasteiger charge is 2.17. The second kappa shape index (κ2) is 7.00. The summed E-state index contributed by atoms with van der Waals surface area (Å²) in [5.41, 5.74) is 3.68. The van der Waals surface area contributed by atoms with Crippen LogP contribution in [-0.4, -0.2) is 15.3 Å². The minimum Gasteiger partial charge on any atom is -0.422 e. The number of carbonyl (C=O) groups excluding carboxylic acids is 1. The van der Waals surface area contributed by atoms with Crippen molar-refractivity contribution in [2.75, 3.05) is 5.32 Å². The lowest BCUT2D eigenvalue weighted by molar-refractivity contribution is 0.102. The summed E-state index contributed by atoms with van der Waals surface area (Å²) in [5.74, 6) is -0.526. The maximum atomic E-state index is 12.9. The molecular weight excluding hydrogens is 378 g/mol. The van der Waals surface area contributed by atoms with Crippen LogP contribution in [0.5, 0.6) is 0 Å². The summed E-state index contributed by atoms with van der Waals surface area (Å²) in [6.45, 7) is 2.00. The number of nitrogens with zero attached hydrogens (tertiary/aromatic N) is 2. The number of hydrogen-bond donors (Lipinski definition) is 1. The van der Waals surface area contributed by atoms with E-state index in [0.29, 0.717) is 16.7 Å². The molecule has 0 aliphatic rings. The van der Waals surface area contributed by atoms with E-state index in [1.54, 1.807) is 30.3 Å². The molecule has 0 aliphatic heterocycles. The number of aryl methyl sites for hydroxylation is 1. The van der Waals surface area contributed by atoms with Crippen LogP contribution in [0.15, 0.2) is 88.3 Å². The number of anilines is 1. The third-order valence-corrected chi connectivity index (χ3v) is 5.02. The lowest BCUT2D eigenvalue weighted by Gasteiger charge is -2.09. The molecule has 146 valence electrons. The highest BCUT2D eigenvalue weighted by Crippen LogP contribution is 2.28. The number of para-hydroxylation sites is 2. The lowest BCUT2D eigenvalue weighted by Crippen LogP contribution is -2.21. The van der Waals surface area contributed by atoms with Crippen LogP contribution in [0.3, 0.4) is 0 Å². The standard InChI is InChI=1S/C24H17N3O3/c1-15-7-6-12-27-14-20(25-22(15)27)17-9-3-4-10-19(17)26-23(28)18-13-16-8-2-5-11-21(16)30-24(18)29/h2-14H,1H3,(H,26,28). The topological polar surface area (TPSA) is 76.6 Å². The smallest absolute Gasteiger partial charge is 0.349 e. The van der Waals surface area contributed by atoms with Crippen LogP contribution >= 0.6 is 0 Å². The summed E-state index contributed by atoms with van der Waals surface area (Å²) in [7, 11) is 0. The van der Waals surface area contributed by atoms with Crippen LogP contribution in [0.1, 0.15) is 15.9 Å². The number of amides is 1. The van der Waals surface area contributed by atoms with Crippen LogP contribution < -0.4 is 10.9 Å². The van der Waals surface area contributed by atoms with Gasteiger partial charge in [0.15, 0.2) is 0 Å². The zero-order valence-electron chi connectivity index (χ0n) is 16.1. The maximum absolute atomic E-state index is 12.9. The Kier molecular flexibility index (Phi) is 4.17. The van der Waals surface area contributed by atoms with Gasteiger partial charge >= 0.3 is 5.63 Å². The number of pyridine rings is 1. The number of nitrogens with one attached hydrogen (secondary N) is 1. The SMILES string of the molecule is Cc1cccn2cc(-c3ccccc3NC(=O)c3cc4ccccc4oc3=O)nc12. The lowest BCUT2D eigenvalue weighted by atomic mass is 10.1. The summed E-state index contributed by atoms with van der Waals surface area (Å²) >= 11 is 0. The van der Waals surface area contributed by atoms with Crippen molar-refractivity contribution in [3.05, 3.63) is 101 Å². The predicted molar refractivity (Wildman–Crippen MR) is 116 cm³/mol. The molecule has 0 saturated heterocycles. The average molecular weight is 395 g/mol. The maximum Gasteiger partial charge on any atom is 0.349 e. The molecule has 6 nitrogen and oxygen atoms in total. The van der Waals surface area contributed by atoms with Crippen molar-refractivity contribution in [1.82, 2.24) is 9.38 Å². The Morgan fingerprint density at radius 3 is 2.70 bits per heavy atom. The molecule has 3 heterocycles. The molecule has 1 N–H and O–H groups in total. The van der Waals surface area contributed by atoms with Gasteiger partial charge in [-0.15, -0.1) is 0 Å². The largest absolute Gasteiger partial charge is 0.422 e. The highest BCUT2D eigenvalue weighted by molar-refractivity contribution is 6.07. The van der Waals surface area contributed by atoms with E-state index in [-0.39, 0.29) is 5.56 Å². The Hall–Kier alpha value is -4.19. The number of benzene rings is 2. The molecule has 0 aliphatic carbocycles. The van der Waals surface area contributed by atoms with E-state index in [9.17, 15) is 9.59 Å². The molecule has 3 aromatic heterocycles. The van der Waals surface area contributed by atoms with Gasteiger partial charge in [0.25, 0.3) is 5.91 Å². The molecule has 6 heteroatoms. The van der Waals surface area contributed by atoms with Gasteiger partial charge in [0.2, 0.25) is 0 Å². The molecule has 5 rings (SSSR count). The molecule has 1 amide bonds. The number of carbonyl (C=O) groups is 1. The van der Waals surface area contributed by atoms with Crippen LogP contribution in [0.2, 0.25) is 0 Å². The van der Waals surface area contributed by atoms with Crippen molar-refractivity contribution < 1.29 is 9.21 Å². The van der Waals surface area contributed by atoms with Gasteiger partial charge in [-0.05, 0) is 36.8 Å². The van der Waals surface area contributed by atoms with Gasteiger partial charge in [-0.3, -0.25) is 4.79 Å². The first-order valence-corrected chi connectivity index (χ1v) is 9.48. The van der Waals surface area contributed by atoms with Gasteiger partial charge < -0.3 is 14.1 Å². The van der Waals surface area contributed by atoms with Crippen LogP contribution in [0.25, 0.3) is 27.9 Å². The van der Waals surface area contributed by atoms with Gasteiger partial charge in [0.1, 0.15) is 16.8 Å². The van der Waals surface area contributed by atoms with Crippen molar-refractivity contribution in [2.24, 2.45) is 0 Å². The van der Waals surface area contributed by atoms with E-state index in [1.807, 2.05) is 60.1 Å². The van der Waals surface area contributed by atoms with E-state index in [0.717, 1.165) is 22.5 Å². The van der Waals surface area contributed by atoms with Gasteiger partial charge in [0, 0.05) is 23.3 Å². The minimum atomic E-state index is -0.674. The summed E-state index contributed by atoms with van der Waals surface area (Å²) < 4.78 is 7.23. The van der Waals surface area contributed by atoms with Crippen LogP contribution in [0.4, 0.5) is 5.69 Å². The first-order chi connectivity index (χ1) is 14.6. The fraction of sp³-hybridized carbons (Fsp3) is 0.0417. The van der Waals surface area contributed by atoms with Crippen LogP contribution in [0, 0.1) is 6.92 Å². The number of imidazole rings is 1. The quantitative estimate of drug-likeness (QED) is 0.451. The number of hydrogen-bond acceptors (Lipinski definition) is 4. The Morgan fingerprint density at radius 2 is 1.83 bits per heavy atom. The van der Waals surface area contributed by atoms with Gasteiger partial charge in [0.05, 0.1) is 11.4 Å². The third kappa shape index (κ3) is 3.04. The Balaban J connectivity index is 1.54. The van der Waals surface area contributed by atoms with E-state index in [1.165, 1.54) is 0 Å². The fourth-order valence-corrected chi connectivity index (χ4v) is 3.51. The van der Waals surface area contributed by atoms with Crippen molar-refractivity contribution in [3.63, 3.8) is 0 Å². The molecule has 0 atom stereocenters.